The Morgan fingerprint density at radius 3 is 2.85 bits per heavy atom. The molecule has 0 radical (unpaired) electrons. The normalized spacial score (nSPS) is 11.3. The van der Waals surface area contributed by atoms with E-state index in [2.05, 4.69) is 28.4 Å². The summed E-state index contributed by atoms with van der Waals surface area (Å²) in [6, 6.07) is 2.18. The lowest BCUT2D eigenvalue weighted by molar-refractivity contribution is 0.617. The van der Waals surface area contributed by atoms with Gasteiger partial charge in [-0.1, -0.05) is 0 Å². The van der Waals surface area contributed by atoms with Gasteiger partial charge >= 0.3 is 0 Å². The molecule has 0 saturated carbocycles. The van der Waals surface area contributed by atoms with Crippen molar-refractivity contribution in [3.05, 3.63) is 18.6 Å². The molecule has 0 aliphatic carbocycles. The van der Waals surface area contributed by atoms with Crippen molar-refractivity contribution >= 4 is 16.9 Å². The fourth-order valence-electron chi connectivity index (χ4n) is 1.35. The molecular formula is C9H12N4. The molecule has 2 aromatic heterocycles. The van der Waals surface area contributed by atoms with Crippen LogP contribution in [-0.2, 0) is 0 Å². The van der Waals surface area contributed by atoms with E-state index in [9.17, 15) is 0 Å². The van der Waals surface area contributed by atoms with E-state index in [1.54, 1.807) is 12.3 Å². The molecule has 68 valence electrons. The minimum absolute atomic E-state index is 0.399. The second kappa shape index (κ2) is 2.73. The third kappa shape index (κ3) is 1.24. The third-order valence-electron chi connectivity index (χ3n) is 2.04. The Labute approximate surface area is 76.4 Å². The van der Waals surface area contributed by atoms with Gasteiger partial charge in [0, 0.05) is 12.1 Å². The molecule has 0 saturated heterocycles. The van der Waals surface area contributed by atoms with Crippen molar-refractivity contribution in [1.82, 2.24) is 14.5 Å². The molecule has 13 heavy (non-hydrogen) atoms. The average Bonchev–Trinajstić information content (AvgIpc) is 2.46. The highest BCUT2D eigenvalue weighted by molar-refractivity contribution is 5.76. The molecule has 0 aliphatic heterocycles. The van der Waals surface area contributed by atoms with Crippen LogP contribution in [0.5, 0.6) is 0 Å². The van der Waals surface area contributed by atoms with Crippen molar-refractivity contribution < 1.29 is 0 Å². The van der Waals surface area contributed by atoms with Gasteiger partial charge in [-0.3, -0.25) is 0 Å². The number of imidazole rings is 1. The maximum absolute atomic E-state index is 5.55. The van der Waals surface area contributed by atoms with Crippen molar-refractivity contribution in [3.63, 3.8) is 0 Å². The van der Waals surface area contributed by atoms with E-state index >= 15 is 0 Å². The number of nitrogens with zero attached hydrogens (tertiary/aromatic N) is 3. The lowest BCUT2D eigenvalue weighted by Crippen LogP contribution is -1.98. The number of hydrogen-bond acceptors (Lipinski definition) is 3. The number of aromatic nitrogens is 3. The predicted octanol–water partition coefficient (Wildman–Crippen LogP) is 1.59. The Kier molecular flexibility index (Phi) is 1.69. The number of pyridine rings is 1. The Morgan fingerprint density at radius 2 is 2.15 bits per heavy atom. The standard InChI is InChI=1S/C9H12N4/c1-6(2)13-5-12-7-3-9(10)11-4-8(7)13/h3-6H,1-2H3,(H2,10,11). The molecule has 4 nitrogen and oxygen atoms in total. The zero-order valence-electron chi connectivity index (χ0n) is 7.73. The molecule has 0 unspecified atom stereocenters. The van der Waals surface area contributed by atoms with Gasteiger partial charge in [-0.25, -0.2) is 9.97 Å². The van der Waals surface area contributed by atoms with E-state index in [4.69, 9.17) is 5.73 Å². The number of nitrogens with two attached hydrogens (primary N) is 1. The average molecular weight is 176 g/mol. The highest BCUT2D eigenvalue weighted by Gasteiger charge is 2.05. The van der Waals surface area contributed by atoms with Crippen molar-refractivity contribution in [3.8, 4) is 0 Å². The SMILES string of the molecule is CC(C)n1cnc2cc(N)ncc21. The smallest absolute Gasteiger partial charge is 0.125 e. The third-order valence-corrected chi connectivity index (χ3v) is 2.04. The Bertz CT molecular complexity index is 430. The summed E-state index contributed by atoms with van der Waals surface area (Å²) in [5, 5.41) is 0. The Balaban J connectivity index is 2.69. The molecule has 0 atom stereocenters. The number of nitrogen functional groups attached to an aromatic ring is 1. The van der Waals surface area contributed by atoms with E-state index in [1.165, 1.54) is 0 Å². The highest BCUT2D eigenvalue weighted by Crippen LogP contribution is 2.17. The molecule has 2 aromatic rings. The Hall–Kier alpha value is -1.58. The van der Waals surface area contributed by atoms with E-state index in [0.717, 1.165) is 11.0 Å². The zero-order chi connectivity index (χ0) is 9.42. The topological polar surface area (TPSA) is 56.7 Å². The summed E-state index contributed by atoms with van der Waals surface area (Å²) in [5.74, 6) is 0.515. The first-order chi connectivity index (χ1) is 6.18. The van der Waals surface area contributed by atoms with Gasteiger partial charge in [0.05, 0.1) is 23.6 Å². The zero-order valence-corrected chi connectivity index (χ0v) is 7.73. The van der Waals surface area contributed by atoms with Crippen LogP contribution in [0.2, 0.25) is 0 Å². The fourth-order valence-corrected chi connectivity index (χ4v) is 1.35. The molecule has 0 amide bonds. The van der Waals surface area contributed by atoms with Crippen LogP contribution in [-0.4, -0.2) is 14.5 Å². The van der Waals surface area contributed by atoms with Crippen LogP contribution in [0.4, 0.5) is 5.82 Å². The summed E-state index contributed by atoms with van der Waals surface area (Å²) < 4.78 is 2.07. The molecule has 2 heterocycles. The van der Waals surface area contributed by atoms with E-state index in [0.29, 0.717) is 11.9 Å². The molecule has 4 heteroatoms. The summed E-state index contributed by atoms with van der Waals surface area (Å²) in [6.45, 7) is 4.22. The summed E-state index contributed by atoms with van der Waals surface area (Å²) in [6.07, 6.45) is 3.58. The van der Waals surface area contributed by atoms with Crippen LogP contribution >= 0.6 is 0 Å². The van der Waals surface area contributed by atoms with Crippen LogP contribution in [0.15, 0.2) is 18.6 Å². The van der Waals surface area contributed by atoms with Crippen LogP contribution in [0, 0.1) is 0 Å². The van der Waals surface area contributed by atoms with Gasteiger partial charge in [-0.2, -0.15) is 0 Å². The van der Waals surface area contributed by atoms with Crippen molar-refractivity contribution in [2.45, 2.75) is 19.9 Å². The molecule has 2 rings (SSSR count). The molecule has 0 aliphatic rings. The summed E-state index contributed by atoms with van der Waals surface area (Å²) in [5.41, 5.74) is 7.48. The first kappa shape index (κ1) is 8.04. The van der Waals surface area contributed by atoms with Gasteiger partial charge in [0.15, 0.2) is 0 Å². The van der Waals surface area contributed by atoms with Gasteiger partial charge in [-0.15, -0.1) is 0 Å². The molecule has 0 fully saturated rings. The summed E-state index contributed by atoms with van der Waals surface area (Å²) in [7, 11) is 0. The van der Waals surface area contributed by atoms with Crippen LogP contribution in [0.25, 0.3) is 11.0 Å². The molecular weight excluding hydrogens is 164 g/mol. The number of anilines is 1. The second-order valence-corrected chi connectivity index (χ2v) is 3.34. The van der Waals surface area contributed by atoms with Crippen molar-refractivity contribution in [2.75, 3.05) is 5.73 Å². The van der Waals surface area contributed by atoms with Gasteiger partial charge in [0.25, 0.3) is 0 Å². The Morgan fingerprint density at radius 1 is 1.38 bits per heavy atom. The first-order valence-corrected chi connectivity index (χ1v) is 4.26. The largest absolute Gasteiger partial charge is 0.384 e. The maximum atomic E-state index is 5.55. The van der Waals surface area contributed by atoms with E-state index < -0.39 is 0 Å². The monoisotopic (exact) mass is 176 g/mol. The molecule has 0 spiro atoms. The van der Waals surface area contributed by atoms with Crippen molar-refractivity contribution in [2.24, 2.45) is 0 Å². The number of rotatable bonds is 1. The summed E-state index contributed by atoms with van der Waals surface area (Å²) in [4.78, 5) is 8.28. The van der Waals surface area contributed by atoms with Crippen LogP contribution in [0.3, 0.4) is 0 Å². The van der Waals surface area contributed by atoms with Crippen molar-refractivity contribution in [1.29, 1.82) is 0 Å². The second-order valence-electron chi connectivity index (χ2n) is 3.34. The molecule has 0 aromatic carbocycles. The minimum Gasteiger partial charge on any atom is -0.384 e. The fraction of sp³-hybridized carbons (Fsp3) is 0.333. The van der Waals surface area contributed by atoms with E-state index in [1.807, 2.05) is 6.33 Å². The number of fused-ring (bicyclic) bond motifs is 1. The van der Waals surface area contributed by atoms with E-state index in [-0.39, 0.29) is 0 Å². The maximum Gasteiger partial charge on any atom is 0.125 e. The van der Waals surface area contributed by atoms with Gasteiger partial charge in [-0.05, 0) is 13.8 Å². The van der Waals surface area contributed by atoms with Gasteiger partial charge < -0.3 is 10.3 Å². The lowest BCUT2D eigenvalue weighted by Gasteiger charge is -2.06. The highest BCUT2D eigenvalue weighted by atomic mass is 15.1. The van der Waals surface area contributed by atoms with Crippen LogP contribution in [0.1, 0.15) is 19.9 Å². The molecule has 0 bridgehead atoms. The lowest BCUT2D eigenvalue weighted by atomic mass is 10.3. The van der Waals surface area contributed by atoms with Gasteiger partial charge in [0.1, 0.15) is 5.82 Å². The van der Waals surface area contributed by atoms with Crippen LogP contribution < -0.4 is 5.73 Å². The number of hydrogen-bond donors (Lipinski definition) is 1. The molecule has 2 N–H and O–H groups in total. The predicted molar refractivity (Wildman–Crippen MR) is 52.3 cm³/mol. The minimum atomic E-state index is 0.399. The first-order valence-electron chi connectivity index (χ1n) is 4.26. The van der Waals surface area contributed by atoms with Gasteiger partial charge in [0.2, 0.25) is 0 Å². The quantitative estimate of drug-likeness (QED) is 0.717. The summed E-state index contributed by atoms with van der Waals surface area (Å²) >= 11 is 0.